The minimum Gasteiger partial charge on any atom is -0.329 e. The Kier molecular flexibility index (Phi) is 6.06. The highest BCUT2D eigenvalue weighted by Crippen LogP contribution is 2.33. The van der Waals surface area contributed by atoms with E-state index in [1.165, 1.54) is 12.8 Å². The Morgan fingerprint density at radius 2 is 1.62 bits per heavy atom. The van der Waals surface area contributed by atoms with Crippen LogP contribution in [0.3, 0.4) is 0 Å². The van der Waals surface area contributed by atoms with E-state index in [4.69, 9.17) is 5.73 Å². The van der Waals surface area contributed by atoms with Crippen molar-refractivity contribution < 1.29 is 0 Å². The molecule has 0 radical (unpaired) electrons. The second-order valence-corrected chi connectivity index (χ2v) is 6.65. The van der Waals surface area contributed by atoms with Crippen LogP contribution >= 0.6 is 11.8 Å². The van der Waals surface area contributed by atoms with Crippen molar-refractivity contribution in [1.82, 2.24) is 0 Å². The molecular formula is C11H25NS. The second-order valence-electron chi connectivity index (χ2n) is 4.58. The van der Waals surface area contributed by atoms with Crippen molar-refractivity contribution in [3.05, 3.63) is 0 Å². The molecule has 0 saturated carbocycles. The van der Waals surface area contributed by atoms with Gasteiger partial charge in [-0.2, -0.15) is 11.8 Å². The normalized spacial score (nSPS) is 15.0. The molecule has 0 aliphatic heterocycles. The van der Waals surface area contributed by atoms with Crippen LogP contribution in [0.1, 0.15) is 47.5 Å². The molecule has 80 valence electrons. The fraction of sp³-hybridized carbons (Fsp3) is 1.00. The molecule has 0 heterocycles. The first-order chi connectivity index (χ1) is 5.94. The predicted octanol–water partition coefficient (Wildman–Crippen LogP) is 3.28. The van der Waals surface area contributed by atoms with E-state index in [2.05, 4.69) is 34.6 Å². The van der Waals surface area contributed by atoms with Crippen molar-refractivity contribution in [1.29, 1.82) is 0 Å². The van der Waals surface area contributed by atoms with Gasteiger partial charge >= 0.3 is 0 Å². The lowest BCUT2D eigenvalue weighted by molar-refractivity contribution is 0.472. The van der Waals surface area contributed by atoms with Gasteiger partial charge in [0.2, 0.25) is 0 Å². The molecule has 0 bridgehead atoms. The smallest absolute Gasteiger partial charge is 0.0203 e. The third kappa shape index (κ3) is 5.58. The molecule has 1 nitrogen and oxygen atoms in total. The summed E-state index contributed by atoms with van der Waals surface area (Å²) in [6.45, 7) is 12.1. The van der Waals surface area contributed by atoms with E-state index in [9.17, 15) is 0 Å². The molecule has 1 atom stereocenters. The second kappa shape index (κ2) is 5.92. The van der Waals surface area contributed by atoms with Gasteiger partial charge in [-0.05, 0) is 5.92 Å². The highest BCUT2D eigenvalue weighted by atomic mass is 32.2. The highest BCUT2D eigenvalue weighted by Gasteiger charge is 2.23. The zero-order valence-electron chi connectivity index (χ0n) is 9.76. The molecule has 0 aromatic heterocycles. The summed E-state index contributed by atoms with van der Waals surface area (Å²) in [5, 5.41) is 0.634. The van der Waals surface area contributed by atoms with Gasteiger partial charge in [-0.15, -0.1) is 0 Å². The first kappa shape index (κ1) is 13.3. The van der Waals surface area contributed by atoms with E-state index in [0.29, 0.717) is 10.00 Å². The van der Waals surface area contributed by atoms with Crippen molar-refractivity contribution in [3.63, 3.8) is 0 Å². The summed E-state index contributed by atoms with van der Waals surface area (Å²) in [6.07, 6.45) is 2.50. The van der Waals surface area contributed by atoms with Gasteiger partial charge in [0.15, 0.2) is 0 Å². The van der Waals surface area contributed by atoms with Crippen LogP contribution in [0.25, 0.3) is 0 Å². The van der Waals surface area contributed by atoms with Gasteiger partial charge in [0.1, 0.15) is 0 Å². The molecule has 0 aromatic rings. The standard InChI is InChI=1S/C11H25NS/c1-6-9(7-2)10(8-12)13-11(3,4)5/h9-10H,6-8,12H2,1-5H3. The average molecular weight is 203 g/mol. The fourth-order valence-corrected chi connectivity index (χ4v) is 3.19. The van der Waals surface area contributed by atoms with Crippen molar-refractivity contribution in [2.75, 3.05) is 6.54 Å². The quantitative estimate of drug-likeness (QED) is 0.742. The summed E-state index contributed by atoms with van der Waals surface area (Å²) < 4.78 is 0.340. The molecule has 0 amide bonds. The third-order valence-corrected chi connectivity index (χ3v) is 3.90. The minimum atomic E-state index is 0.340. The molecule has 0 saturated heterocycles. The fourth-order valence-electron chi connectivity index (χ4n) is 1.61. The van der Waals surface area contributed by atoms with Gasteiger partial charge in [0, 0.05) is 16.5 Å². The maximum Gasteiger partial charge on any atom is 0.0203 e. The molecule has 0 aliphatic carbocycles. The number of rotatable bonds is 5. The molecule has 0 aromatic carbocycles. The third-order valence-electron chi connectivity index (χ3n) is 2.31. The summed E-state index contributed by atoms with van der Waals surface area (Å²) >= 11 is 2.03. The summed E-state index contributed by atoms with van der Waals surface area (Å²) in [6, 6.07) is 0. The van der Waals surface area contributed by atoms with Crippen LogP contribution in [0.4, 0.5) is 0 Å². The summed E-state index contributed by atoms with van der Waals surface area (Å²) in [4.78, 5) is 0. The first-order valence-corrected chi connectivity index (χ1v) is 6.20. The largest absolute Gasteiger partial charge is 0.329 e. The highest BCUT2D eigenvalue weighted by molar-refractivity contribution is 8.01. The van der Waals surface area contributed by atoms with E-state index in [1.54, 1.807) is 0 Å². The van der Waals surface area contributed by atoms with E-state index < -0.39 is 0 Å². The number of hydrogen-bond donors (Lipinski definition) is 1. The Bertz CT molecular complexity index is 125. The van der Waals surface area contributed by atoms with Gasteiger partial charge in [-0.3, -0.25) is 0 Å². The lowest BCUT2D eigenvalue weighted by Crippen LogP contribution is -2.29. The van der Waals surface area contributed by atoms with Crippen molar-refractivity contribution in [3.8, 4) is 0 Å². The van der Waals surface area contributed by atoms with Gasteiger partial charge in [0.25, 0.3) is 0 Å². The van der Waals surface area contributed by atoms with Gasteiger partial charge in [-0.25, -0.2) is 0 Å². The lowest BCUT2D eigenvalue weighted by atomic mass is 9.99. The Hall–Kier alpha value is 0.310. The van der Waals surface area contributed by atoms with Crippen LogP contribution in [-0.4, -0.2) is 16.5 Å². The topological polar surface area (TPSA) is 26.0 Å². The molecule has 1 unspecified atom stereocenters. The average Bonchev–Trinajstić information content (AvgIpc) is 2.02. The van der Waals surface area contributed by atoms with Gasteiger partial charge in [-0.1, -0.05) is 47.5 Å². The first-order valence-electron chi connectivity index (χ1n) is 5.32. The minimum absolute atomic E-state index is 0.340. The molecule has 0 spiro atoms. The zero-order valence-corrected chi connectivity index (χ0v) is 10.6. The summed E-state index contributed by atoms with van der Waals surface area (Å²) in [7, 11) is 0. The van der Waals surface area contributed by atoms with Crippen molar-refractivity contribution >= 4 is 11.8 Å². The summed E-state index contributed by atoms with van der Waals surface area (Å²) in [5.74, 6) is 0.786. The molecule has 0 fully saturated rings. The van der Waals surface area contributed by atoms with Gasteiger partial charge < -0.3 is 5.73 Å². The van der Waals surface area contributed by atoms with Gasteiger partial charge in [0.05, 0.1) is 0 Å². The lowest BCUT2D eigenvalue weighted by Gasteiger charge is -2.30. The van der Waals surface area contributed by atoms with E-state index in [-0.39, 0.29) is 0 Å². The van der Waals surface area contributed by atoms with Crippen molar-refractivity contribution in [2.45, 2.75) is 57.5 Å². The number of hydrogen-bond acceptors (Lipinski definition) is 2. The molecule has 2 N–H and O–H groups in total. The van der Waals surface area contributed by atoms with Crippen LogP contribution in [-0.2, 0) is 0 Å². The number of nitrogens with two attached hydrogens (primary N) is 1. The van der Waals surface area contributed by atoms with E-state index in [0.717, 1.165) is 12.5 Å². The van der Waals surface area contributed by atoms with Crippen LogP contribution in [0.2, 0.25) is 0 Å². The van der Waals surface area contributed by atoms with Crippen LogP contribution in [0, 0.1) is 5.92 Å². The Labute approximate surface area is 87.9 Å². The molecular weight excluding hydrogens is 178 g/mol. The predicted molar refractivity (Wildman–Crippen MR) is 64.3 cm³/mol. The maximum absolute atomic E-state index is 5.81. The van der Waals surface area contributed by atoms with Crippen molar-refractivity contribution in [2.24, 2.45) is 11.7 Å². The maximum atomic E-state index is 5.81. The Morgan fingerprint density at radius 1 is 1.15 bits per heavy atom. The van der Waals surface area contributed by atoms with E-state index in [1.807, 2.05) is 11.8 Å². The molecule has 0 aliphatic rings. The SMILES string of the molecule is CCC(CC)C(CN)SC(C)(C)C. The summed E-state index contributed by atoms with van der Waals surface area (Å²) in [5.41, 5.74) is 5.81. The Balaban J connectivity index is 4.15. The molecule has 2 heteroatoms. The van der Waals surface area contributed by atoms with Crippen LogP contribution in [0.5, 0.6) is 0 Å². The molecule has 13 heavy (non-hydrogen) atoms. The molecule has 0 rings (SSSR count). The number of thioether (sulfide) groups is 1. The zero-order chi connectivity index (χ0) is 10.5. The van der Waals surface area contributed by atoms with E-state index >= 15 is 0 Å². The van der Waals surface area contributed by atoms with Crippen LogP contribution < -0.4 is 5.73 Å². The monoisotopic (exact) mass is 203 g/mol. The van der Waals surface area contributed by atoms with Crippen LogP contribution in [0.15, 0.2) is 0 Å². The Morgan fingerprint density at radius 3 is 1.85 bits per heavy atom.